The van der Waals surface area contributed by atoms with E-state index in [9.17, 15) is 13.2 Å². The number of likely N-dealkylation sites (tertiary alicyclic amines) is 1. The second-order valence-electron chi connectivity index (χ2n) is 8.32. The molecular formula is C24H25F3N4. The number of fused-ring (bicyclic) bond motifs is 1. The third-order valence-corrected chi connectivity index (χ3v) is 6.26. The Morgan fingerprint density at radius 3 is 2.68 bits per heavy atom. The minimum Gasteiger partial charge on any atom is -0.369 e. The lowest BCUT2D eigenvalue weighted by Crippen LogP contribution is -2.33. The summed E-state index contributed by atoms with van der Waals surface area (Å²) in [5.74, 6) is 0.833. The van der Waals surface area contributed by atoms with Gasteiger partial charge in [-0.15, -0.1) is 0 Å². The first-order valence-corrected chi connectivity index (χ1v) is 10.8. The van der Waals surface area contributed by atoms with E-state index >= 15 is 0 Å². The molecule has 0 radical (unpaired) electrons. The molecule has 0 aliphatic carbocycles. The van der Waals surface area contributed by atoms with Crippen molar-refractivity contribution in [2.75, 3.05) is 18.4 Å². The van der Waals surface area contributed by atoms with Gasteiger partial charge in [0.15, 0.2) is 0 Å². The van der Waals surface area contributed by atoms with Gasteiger partial charge in [-0.1, -0.05) is 42.8 Å². The summed E-state index contributed by atoms with van der Waals surface area (Å²) in [7, 11) is 0. The van der Waals surface area contributed by atoms with Crippen LogP contribution in [0.4, 0.5) is 19.0 Å². The lowest BCUT2D eigenvalue weighted by Gasteiger charge is -2.35. The molecule has 2 aliphatic heterocycles. The monoisotopic (exact) mass is 426 g/mol. The van der Waals surface area contributed by atoms with E-state index < -0.39 is 11.7 Å². The Balaban J connectivity index is 1.52. The van der Waals surface area contributed by atoms with Crippen molar-refractivity contribution in [1.29, 1.82) is 0 Å². The van der Waals surface area contributed by atoms with Crippen LogP contribution in [0.1, 0.15) is 47.7 Å². The predicted molar refractivity (Wildman–Crippen MR) is 114 cm³/mol. The van der Waals surface area contributed by atoms with Gasteiger partial charge < -0.3 is 5.32 Å². The number of benzene rings is 2. The fourth-order valence-corrected chi connectivity index (χ4v) is 4.78. The average molecular weight is 426 g/mol. The van der Waals surface area contributed by atoms with E-state index in [4.69, 9.17) is 5.10 Å². The fourth-order valence-electron chi connectivity index (χ4n) is 4.78. The Labute approximate surface area is 179 Å². The molecule has 0 saturated carbocycles. The first kappa shape index (κ1) is 20.1. The van der Waals surface area contributed by atoms with E-state index in [2.05, 4.69) is 34.5 Å². The Morgan fingerprint density at radius 1 is 1.03 bits per heavy atom. The number of nitrogens with one attached hydrogen (secondary N) is 1. The summed E-state index contributed by atoms with van der Waals surface area (Å²) in [5.41, 5.74) is 3.20. The van der Waals surface area contributed by atoms with E-state index in [0.29, 0.717) is 5.69 Å². The van der Waals surface area contributed by atoms with Crippen molar-refractivity contribution in [3.63, 3.8) is 0 Å². The molecule has 2 aliphatic rings. The van der Waals surface area contributed by atoms with Gasteiger partial charge in [0.1, 0.15) is 5.82 Å². The van der Waals surface area contributed by atoms with Crippen molar-refractivity contribution in [3.8, 4) is 5.69 Å². The number of anilines is 1. The fraction of sp³-hybridized carbons (Fsp3) is 0.375. The van der Waals surface area contributed by atoms with Gasteiger partial charge >= 0.3 is 6.18 Å². The molecule has 1 fully saturated rings. The highest BCUT2D eigenvalue weighted by Gasteiger charge is 2.34. The summed E-state index contributed by atoms with van der Waals surface area (Å²) in [5, 5.41) is 8.24. The van der Waals surface area contributed by atoms with Crippen molar-refractivity contribution in [3.05, 3.63) is 77.0 Å². The molecule has 1 aromatic heterocycles. The molecule has 2 aromatic carbocycles. The summed E-state index contributed by atoms with van der Waals surface area (Å²) < 4.78 is 41.4. The third kappa shape index (κ3) is 3.94. The van der Waals surface area contributed by atoms with E-state index in [0.717, 1.165) is 68.5 Å². The van der Waals surface area contributed by atoms with Gasteiger partial charge in [0, 0.05) is 18.7 Å². The minimum atomic E-state index is -4.38. The normalized spacial score (nSPS) is 19.3. The molecular weight excluding hydrogens is 401 g/mol. The summed E-state index contributed by atoms with van der Waals surface area (Å²) in [4.78, 5) is 2.47. The molecule has 7 heteroatoms. The van der Waals surface area contributed by atoms with Crippen LogP contribution in [0.5, 0.6) is 0 Å². The van der Waals surface area contributed by atoms with Gasteiger partial charge in [-0.25, -0.2) is 4.68 Å². The van der Waals surface area contributed by atoms with Crippen molar-refractivity contribution in [2.24, 2.45) is 0 Å². The Morgan fingerprint density at radius 2 is 1.87 bits per heavy atom. The van der Waals surface area contributed by atoms with E-state index in [1.807, 2.05) is 6.07 Å². The van der Waals surface area contributed by atoms with Crippen LogP contribution in [0.2, 0.25) is 0 Å². The smallest absolute Gasteiger partial charge is 0.369 e. The SMILES string of the molecule is FC(F)(F)c1cccc(-n2nc(C3CCCCN3Cc3ccccc3)c3c2NCC3)c1. The largest absolute Gasteiger partial charge is 0.416 e. The summed E-state index contributed by atoms with van der Waals surface area (Å²) in [6, 6.07) is 16.0. The van der Waals surface area contributed by atoms with Crippen LogP contribution in [-0.2, 0) is 19.1 Å². The van der Waals surface area contributed by atoms with Crippen LogP contribution in [0.25, 0.3) is 5.69 Å². The topological polar surface area (TPSA) is 33.1 Å². The molecule has 1 saturated heterocycles. The maximum atomic E-state index is 13.3. The number of alkyl halides is 3. The molecule has 1 unspecified atom stereocenters. The van der Waals surface area contributed by atoms with Crippen LogP contribution in [0.3, 0.4) is 0 Å². The van der Waals surface area contributed by atoms with Crippen molar-refractivity contribution < 1.29 is 13.2 Å². The molecule has 1 N–H and O–H groups in total. The van der Waals surface area contributed by atoms with Gasteiger partial charge in [0.2, 0.25) is 0 Å². The highest BCUT2D eigenvalue weighted by Crippen LogP contribution is 2.39. The first-order chi connectivity index (χ1) is 15.0. The number of piperidine rings is 1. The zero-order valence-corrected chi connectivity index (χ0v) is 17.2. The van der Waals surface area contributed by atoms with Crippen LogP contribution >= 0.6 is 0 Å². The second-order valence-corrected chi connectivity index (χ2v) is 8.32. The van der Waals surface area contributed by atoms with Crippen molar-refractivity contribution >= 4 is 5.82 Å². The van der Waals surface area contributed by atoms with Crippen molar-refractivity contribution in [2.45, 2.75) is 44.4 Å². The van der Waals surface area contributed by atoms with Crippen LogP contribution in [0.15, 0.2) is 54.6 Å². The summed E-state index contributed by atoms with van der Waals surface area (Å²) >= 11 is 0. The van der Waals surface area contributed by atoms with Crippen LogP contribution < -0.4 is 5.32 Å². The molecule has 0 amide bonds. The molecule has 3 aromatic rings. The van der Waals surface area contributed by atoms with Gasteiger partial charge in [-0.3, -0.25) is 4.90 Å². The number of rotatable bonds is 4. The van der Waals surface area contributed by atoms with Gasteiger partial charge in [-0.05, 0) is 49.6 Å². The molecule has 3 heterocycles. The van der Waals surface area contributed by atoms with Gasteiger partial charge in [0.05, 0.1) is 23.0 Å². The summed E-state index contributed by atoms with van der Waals surface area (Å²) in [6.45, 7) is 2.63. The first-order valence-electron chi connectivity index (χ1n) is 10.8. The highest BCUT2D eigenvalue weighted by molar-refractivity contribution is 5.58. The summed E-state index contributed by atoms with van der Waals surface area (Å²) in [6.07, 6.45) is -0.233. The number of hydrogen-bond acceptors (Lipinski definition) is 3. The quantitative estimate of drug-likeness (QED) is 0.591. The third-order valence-electron chi connectivity index (χ3n) is 6.26. The number of halogens is 3. The van der Waals surface area contributed by atoms with E-state index in [-0.39, 0.29) is 6.04 Å². The number of aromatic nitrogens is 2. The van der Waals surface area contributed by atoms with Crippen LogP contribution in [-0.4, -0.2) is 27.8 Å². The lowest BCUT2D eigenvalue weighted by atomic mass is 9.95. The molecule has 0 spiro atoms. The standard InChI is InChI=1S/C24H25F3N4/c25-24(26,27)18-9-6-10-19(15-18)31-23-20(12-13-28-23)22(29-31)21-11-4-5-14-30(21)16-17-7-2-1-3-8-17/h1-3,6-10,15,21,28H,4-5,11-14,16H2. The zero-order chi connectivity index (χ0) is 21.4. The average Bonchev–Trinajstić information content (AvgIpc) is 3.37. The Kier molecular flexibility index (Phi) is 5.22. The molecule has 31 heavy (non-hydrogen) atoms. The molecule has 0 bridgehead atoms. The number of hydrogen-bond donors (Lipinski definition) is 1. The van der Waals surface area contributed by atoms with Crippen molar-refractivity contribution in [1.82, 2.24) is 14.7 Å². The molecule has 162 valence electrons. The molecule has 5 rings (SSSR count). The minimum absolute atomic E-state index is 0.176. The maximum absolute atomic E-state index is 13.3. The zero-order valence-electron chi connectivity index (χ0n) is 17.2. The second kappa shape index (κ2) is 8.04. The lowest BCUT2D eigenvalue weighted by molar-refractivity contribution is -0.137. The van der Waals surface area contributed by atoms with E-state index in [1.54, 1.807) is 10.7 Å². The number of nitrogens with zero attached hydrogens (tertiary/aromatic N) is 3. The maximum Gasteiger partial charge on any atom is 0.416 e. The Bertz CT molecular complexity index is 1060. The highest BCUT2D eigenvalue weighted by atomic mass is 19.4. The van der Waals surface area contributed by atoms with E-state index in [1.165, 1.54) is 17.7 Å². The van der Waals surface area contributed by atoms with Crippen LogP contribution in [0, 0.1) is 0 Å². The van der Waals surface area contributed by atoms with Gasteiger partial charge in [0.25, 0.3) is 0 Å². The van der Waals surface area contributed by atoms with Gasteiger partial charge in [-0.2, -0.15) is 18.3 Å². The molecule has 1 atom stereocenters. The molecule has 4 nitrogen and oxygen atoms in total. The Hall–Kier alpha value is -2.80. The predicted octanol–water partition coefficient (Wildman–Crippen LogP) is 5.59.